The van der Waals surface area contributed by atoms with Crippen LogP contribution in [0.4, 0.5) is 0 Å². The predicted molar refractivity (Wildman–Crippen MR) is 39.6 cm³/mol. The first kappa shape index (κ1) is 16.9. The molecule has 0 aliphatic rings. The Morgan fingerprint density at radius 1 is 1.20 bits per heavy atom. The standard InChI is InChI=1S/C4H9.C3H6NO.U/c1-4(2)3;1-4(2)3-5;/h1-3H3;1-2H3;/q2*-1;+2. The summed E-state index contributed by atoms with van der Waals surface area (Å²) in [5.41, 5.74) is 0. The predicted octanol–water partition coefficient (Wildman–Crippen LogP) is 1.24. The Kier molecular flexibility index (Phi) is 20.6. The van der Waals surface area contributed by atoms with E-state index in [4.69, 9.17) is 0 Å². The third-order valence-corrected chi connectivity index (χ3v) is 0.183. The van der Waals surface area contributed by atoms with E-state index in [0.717, 1.165) is 0 Å². The molecule has 0 atom stereocenters. The van der Waals surface area contributed by atoms with Gasteiger partial charge in [-0.25, -0.2) is 0 Å². The first-order valence-corrected chi connectivity index (χ1v) is 2.82. The van der Waals surface area contributed by atoms with Crippen LogP contribution in [0.5, 0.6) is 0 Å². The molecule has 0 aromatic rings. The fourth-order valence-corrected chi connectivity index (χ4v) is 0. The smallest absolute Gasteiger partial charge is 0.522 e. The van der Waals surface area contributed by atoms with Gasteiger partial charge < -0.3 is 15.6 Å². The zero-order chi connectivity index (χ0) is 7.86. The average Bonchev–Trinajstić information content (AvgIpc) is 1.65. The van der Waals surface area contributed by atoms with E-state index in [2.05, 4.69) is 20.8 Å². The van der Waals surface area contributed by atoms with Gasteiger partial charge in [-0.2, -0.15) is 27.2 Å². The van der Waals surface area contributed by atoms with Crippen LogP contribution in [-0.4, -0.2) is 25.4 Å². The van der Waals surface area contributed by atoms with E-state index in [9.17, 15) is 4.79 Å². The molecule has 0 radical (unpaired) electrons. The van der Waals surface area contributed by atoms with Crippen LogP contribution in [-0.2, 0) is 4.79 Å². The molecule has 0 aromatic heterocycles. The van der Waals surface area contributed by atoms with Crippen molar-refractivity contribution in [3.63, 3.8) is 0 Å². The number of carbonyl (C=O) groups excluding carboxylic acids is 1. The SMILES string of the molecule is CN(C)[C-]=O.C[C-](C)C.[U+2]. The van der Waals surface area contributed by atoms with Crippen LogP contribution in [0.2, 0.25) is 0 Å². The molecule has 3 heteroatoms. The minimum Gasteiger partial charge on any atom is -0.522 e. The second kappa shape index (κ2) is 12.2. The number of amides is 1. The topological polar surface area (TPSA) is 20.3 Å². The number of nitrogens with zero attached hydrogens (tertiary/aromatic N) is 1. The Morgan fingerprint density at radius 2 is 1.30 bits per heavy atom. The van der Waals surface area contributed by atoms with E-state index >= 15 is 0 Å². The Balaban J connectivity index is -0.0000000910. The summed E-state index contributed by atoms with van der Waals surface area (Å²) in [6, 6.07) is 0. The first-order chi connectivity index (χ1) is 4.00. The van der Waals surface area contributed by atoms with E-state index in [1.165, 1.54) is 10.8 Å². The van der Waals surface area contributed by atoms with Gasteiger partial charge in [0.1, 0.15) is 0 Å². The maximum absolute atomic E-state index is 9.31. The summed E-state index contributed by atoms with van der Waals surface area (Å²) in [6.07, 6.45) is 1.61. The molecular formula is C7H15NOU. The van der Waals surface area contributed by atoms with Gasteiger partial charge in [-0.1, -0.05) is 0 Å². The van der Waals surface area contributed by atoms with E-state index in [0.29, 0.717) is 0 Å². The van der Waals surface area contributed by atoms with Crippen LogP contribution in [0, 0.1) is 37.0 Å². The monoisotopic (exact) mass is 367 g/mol. The molecule has 0 aliphatic heterocycles. The van der Waals surface area contributed by atoms with Crippen molar-refractivity contribution in [3.05, 3.63) is 5.92 Å². The van der Waals surface area contributed by atoms with Crippen molar-refractivity contribution in [2.45, 2.75) is 20.8 Å². The molecule has 0 unspecified atom stereocenters. The van der Waals surface area contributed by atoms with Gasteiger partial charge in [-0.05, 0) is 14.1 Å². The van der Waals surface area contributed by atoms with Gasteiger partial charge in [0, 0.05) is 0 Å². The van der Waals surface area contributed by atoms with E-state index in [1.807, 2.05) is 0 Å². The third kappa shape index (κ3) is 75.8. The Morgan fingerprint density at radius 3 is 1.30 bits per heavy atom. The summed E-state index contributed by atoms with van der Waals surface area (Å²) < 4.78 is 0. The van der Waals surface area contributed by atoms with E-state index in [1.54, 1.807) is 20.5 Å². The molecule has 1 amide bonds. The molecule has 0 fully saturated rings. The molecule has 0 saturated heterocycles. The molecule has 0 rings (SSSR count). The van der Waals surface area contributed by atoms with Crippen LogP contribution in [0.15, 0.2) is 0 Å². The van der Waals surface area contributed by atoms with Gasteiger partial charge in [0.2, 0.25) is 0 Å². The molecule has 0 heterocycles. The third-order valence-electron chi connectivity index (χ3n) is 0.183. The minimum absolute atomic E-state index is 0. The molecule has 0 spiro atoms. The first-order valence-electron chi connectivity index (χ1n) is 2.82. The van der Waals surface area contributed by atoms with E-state index in [-0.39, 0.29) is 31.1 Å². The van der Waals surface area contributed by atoms with Crippen LogP contribution < -0.4 is 0 Å². The number of hydrogen-bond donors (Lipinski definition) is 0. The summed E-state index contributed by atoms with van der Waals surface area (Å²) in [5.74, 6) is 1.42. The summed E-state index contributed by atoms with van der Waals surface area (Å²) >= 11 is 0. The summed E-state index contributed by atoms with van der Waals surface area (Å²) in [6.45, 7) is 6.25. The largest absolute Gasteiger partial charge is 2.00 e. The van der Waals surface area contributed by atoms with Crippen molar-refractivity contribution < 1.29 is 35.9 Å². The molecule has 2 nitrogen and oxygen atoms in total. The second-order valence-electron chi connectivity index (χ2n) is 2.49. The maximum atomic E-state index is 9.31. The van der Waals surface area contributed by atoms with Crippen LogP contribution in [0.1, 0.15) is 20.8 Å². The molecule has 10 heavy (non-hydrogen) atoms. The summed E-state index contributed by atoms with van der Waals surface area (Å²) in [7, 11) is 3.26. The molecule has 0 bridgehead atoms. The van der Waals surface area contributed by atoms with Crippen molar-refractivity contribution in [1.82, 2.24) is 4.90 Å². The molecule has 58 valence electrons. The molecule has 0 aliphatic carbocycles. The van der Waals surface area contributed by atoms with Crippen molar-refractivity contribution in [1.29, 1.82) is 0 Å². The molecule has 0 aromatic carbocycles. The van der Waals surface area contributed by atoms with Crippen LogP contribution in [0.3, 0.4) is 0 Å². The summed E-state index contributed by atoms with van der Waals surface area (Å²) in [4.78, 5) is 10.6. The fraction of sp³-hybridized carbons (Fsp3) is 0.714. The number of hydrogen-bond acceptors (Lipinski definition) is 1. The molecule has 0 N–H and O–H groups in total. The minimum atomic E-state index is 0. The van der Waals surface area contributed by atoms with Gasteiger partial charge in [-0.15, -0.1) is 0 Å². The van der Waals surface area contributed by atoms with Gasteiger partial charge in [-0.3, -0.25) is 0 Å². The van der Waals surface area contributed by atoms with E-state index < -0.39 is 0 Å². The van der Waals surface area contributed by atoms with Gasteiger partial charge >= 0.3 is 31.1 Å². The van der Waals surface area contributed by atoms with Gasteiger partial charge in [0.15, 0.2) is 0 Å². The van der Waals surface area contributed by atoms with Gasteiger partial charge in [0.05, 0.1) is 0 Å². The maximum Gasteiger partial charge on any atom is 2.00 e. The quantitative estimate of drug-likeness (QED) is 0.505. The Hall–Kier alpha value is 0.522. The van der Waals surface area contributed by atoms with Crippen LogP contribution >= 0.6 is 0 Å². The molecule has 0 saturated carbocycles. The van der Waals surface area contributed by atoms with Crippen LogP contribution in [0.25, 0.3) is 0 Å². The average molecular weight is 367 g/mol. The fourth-order valence-electron chi connectivity index (χ4n) is 0. The Labute approximate surface area is 87.7 Å². The van der Waals surface area contributed by atoms with Crippen molar-refractivity contribution in [2.75, 3.05) is 14.1 Å². The second-order valence-corrected chi connectivity index (χ2v) is 2.49. The Bertz CT molecular complexity index is 61.9. The normalized spacial score (nSPS) is 7.00. The van der Waals surface area contributed by atoms with Crippen molar-refractivity contribution >= 4 is 6.41 Å². The molecular weight excluding hydrogens is 352 g/mol. The summed E-state index contributed by atoms with van der Waals surface area (Å²) in [5, 5.41) is 0. The zero-order valence-electron chi connectivity index (χ0n) is 7.36. The van der Waals surface area contributed by atoms with Crippen molar-refractivity contribution in [2.24, 2.45) is 0 Å². The zero-order valence-corrected chi connectivity index (χ0v) is 11.5. The van der Waals surface area contributed by atoms with Crippen molar-refractivity contribution in [3.8, 4) is 0 Å². The van der Waals surface area contributed by atoms with Gasteiger partial charge in [0.25, 0.3) is 0 Å². The number of rotatable bonds is 1.